The predicted molar refractivity (Wildman–Crippen MR) is 119 cm³/mol. The second-order valence-corrected chi connectivity index (χ2v) is 8.57. The lowest BCUT2D eigenvalue weighted by Crippen LogP contribution is -2.47. The molecule has 4 aromatic rings. The smallest absolute Gasteiger partial charge is 0.295 e. The van der Waals surface area contributed by atoms with Gasteiger partial charge in [0.15, 0.2) is 6.33 Å². The van der Waals surface area contributed by atoms with E-state index in [0.29, 0.717) is 11.7 Å². The van der Waals surface area contributed by atoms with Crippen LogP contribution in [-0.2, 0) is 23.1 Å². The Morgan fingerprint density at radius 2 is 1.69 bits per heavy atom. The predicted octanol–water partition coefficient (Wildman–Crippen LogP) is 3.71. The molecule has 7 nitrogen and oxygen atoms in total. The van der Waals surface area contributed by atoms with Gasteiger partial charge < -0.3 is 14.2 Å². The largest absolute Gasteiger partial charge is 0.379 e. The Bertz CT molecular complexity index is 1230. The van der Waals surface area contributed by atoms with Gasteiger partial charge in [0.25, 0.3) is 5.89 Å². The monoisotopic (exact) mass is 425 g/mol. The van der Waals surface area contributed by atoms with Crippen LogP contribution < -0.4 is 4.90 Å². The molecular weight excluding hydrogens is 402 g/mol. The first kappa shape index (κ1) is 19.1. The summed E-state index contributed by atoms with van der Waals surface area (Å²) in [7, 11) is 0. The lowest BCUT2D eigenvalue weighted by molar-refractivity contribution is -0.0379. The van der Waals surface area contributed by atoms with Crippen LogP contribution in [-0.4, -0.2) is 39.9 Å². The van der Waals surface area contributed by atoms with E-state index in [1.54, 1.807) is 0 Å². The molecule has 1 saturated heterocycles. The summed E-state index contributed by atoms with van der Waals surface area (Å²) in [4.78, 5) is 15.5. The number of anilines is 1. The summed E-state index contributed by atoms with van der Waals surface area (Å²) in [5, 5.41) is 3.65. The van der Waals surface area contributed by atoms with Crippen molar-refractivity contribution in [2.24, 2.45) is 0 Å². The molecule has 0 radical (unpaired) electrons. The zero-order chi connectivity index (χ0) is 21.5. The van der Waals surface area contributed by atoms with Crippen LogP contribution in [0.4, 0.5) is 5.69 Å². The number of aryl methyl sites for hydroxylation is 1. The third-order valence-corrected chi connectivity index (χ3v) is 6.58. The number of aromatic nitrogens is 4. The summed E-state index contributed by atoms with van der Waals surface area (Å²) in [6.07, 6.45) is 4.15. The van der Waals surface area contributed by atoms with Crippen LogP contribution in [0.5, 0.6) is 0 Å². The number of hydrogen-bond donors (Lipinski definition) is 0. The molecule has 7 heteroatoms. The molecule has 0 bridgehead atoms. The SMILES string of the molecule is Cc1ccc(C2(c3ccc(N4CCc5cnc(-c6ncno6)nc5C4)cc3)COC2)cc1. The van der Waals surface area contributed by atoms with Crippen molar-refractivity contribution in [3.8, 4) is 11.7 Å². The van der Waals surface area contributed by atoms with E-state index < -0.39 is 0 Å². The molecule has 0 spiro atoms. The molecule has 4 heterocycles. The molecule has 0 saturated carbocycles. The molecule has 0 N–H and O–H groups in total. The van der Waals surface area contributed by atoms with Gasteiger partial charge in [-0.15, -0.1) is 0 Å². The summed E-state index contributed by atoms with van der Waals surface area (Å²) in [5.41, 5.74) is 7.21. The average molecular weight is 425 g/mol. The first-order chi connectivity index (χ1) is 15.7. The van der Waals surface area contributed by atoms with Gasteiger partial charge in [0.05, 0.1) is 30.9 Å². The minimum atomic E-state index is -0.0487. The number of benzene rings is 2. The van der Waals surface area contributed by atoms with Crippen LogP contribution in [0, 0.1) is 6.92 Å². The molecule has 0 unspecified atom stereocenters. The molecule has 2 aromatic carbocycles. The van der Waals surface area contributed by atoms with Crippen molar-refractivity contribution in [2.45, 2.75) is 25.3 Å². The fourth-order valence-corrected chi connectivity index (χ4v) is 4.57. The lowest BCUT2D eigenvalue weighted by Gasteiger charge is -2.43. The summed E-state index contributed by atoms with van der Waals surface area (Å²) >= 11 is 0. The molecule has 160 valence electrons. The van der Waals surface area contributed by atoms with E-state index in [0.717, 1.165) is 38.4 Å². The van der Waals surface area contributed by atoms with E-state index in [9.17, 15) is 0 Å². The lowest BCUT2D eigenvalue weighted by atomic mass is 9.73. The van der Waals surface area contributed by atoms with E-state index in [1.165, 1.54) is 34.3 Å². The summed E-state index contributed by atoms with van der Waals surface area (Å²) in [6.45, 7) is 5.23. The minimum Gasteiger partial charge on any atom is -0.379 e. The van der Waals surface area contributed by atoms with Crippen LogP contribution in [0.15, 0.2) is 65.6 Å². The van der Waals surface area contributed by atoms with E-state index in [1.807, 2.05) is 6.20 Å². The Hall–Kier alpha value is -3.58. The van der Waals surface area contributed by atoms with Crippen molar-refractivity contribution in [1.82, 2.24) is 20.1 Å². The van der Waals surface area contributed by atoms with Gasteiger partial charge in [-0.05, 0) is 42.2 Å². The van der Waals surface area contributed by atoms with Crippen molar-refractivity contribution in [3.05, 3.63) is 89.0 Å². The fraction of sp³-hybridized carbons (Fsp3) is 0.280. The molecule has 32 heavy (non-hydrogen) atoms. The Morgan fingerprint density at radius 3 is 2.34 bits per heavy atom. The zero-order valence-corrected chi connectivity index (χ0v) is 17.9. The van der Waals surface area contributed by atoms with Gasteiger partial charge >= 0.3 is 0 Å². The highest BCUT2D eigenvalue weighted by Crippen LogP contribution is 2.40. The van der Waals surface area contributed by atoms with Crippen LogP contribution in [0.25, 0.3) is 11.7 Å². The number of fused-ring (bicyclic) bond motifs is 1. The average Bonchev–Trinajstić information content (AvgIpc) is 3.34. The number of ether oxygens (including phenoxy) is 1. The van der Waals surface area contributed by atoms with Gasteiger partial charge in [-0.25, -0.2) is 9.97 Å². The Kier molecular flexibility index (Phi) is 4.50. The molecule has 0 amide bonds. The van der Waals surface area contributed by atoms with Crippen molar-refractivity contribution in [3.63, 3.8) is 0 Å². The van der Waals surface area contributed by atoms with Gasteiger partial charge in [-0.1, -0.05) is 47.1 Å². The number of rotatable bonds is 4. The minimum absolute atomic E-state index is 0.0487. The normalized spacial score (nSPS) is 17.0. The molecule has 0 atom stereocenters. The number of nitrogens with zero attached hydrogens (tertiary/aromatic N) is 5. The van der Waals surface area contributed by atoms with E-state index >= 15 is 0 Å². The summed E-state index contributed by atoms with van der Waals surface area (Å²) < 4.78 is 10.8. The third kappa shape index (κ3) is 3.17. The topological polar surface area (TPSA) is 77.2 Å². The van der Waals surface area contributed by atoms with Crippen molar-refractivity contribution in [2.75, 3.05) is 24.7 Å². The highest BCUT2D eigenvalue weighted by molar-refractivity contribution is 5.53. The maximum absolute atomic E-state index is 5.66. The maximum Gasteiger partial charge on any atom is 0.295 e. The first-order valence-electron chi connectivity index (χ1n) is 10.8. The molecule has 2 aromatic heterocycles. The Labute approximate surface area is 186 Å². The highest BCUT2D eigenvalue weighted by Gasteiger charge is 2.42. The summed E-state index contributed by atoms with van der Waals surface area (Å²) in [6, 6.07) is 17.7. The van der Waals surface area contributed by atoms with E-state index in [4.69, 9.17) is 14.2 Å². The van der Waals surface area contributed by atoms with Crippen LogP contribution >= 0.6 is 0 Å². The van der Waals surface area contributed by atoms with Gasteiger partial charge in [-0.2, -0.15) is 4.98 Å². The fourth-order valence-electron chi connectivity index (χ4n) is 4.57. The second-order valence-electron chi connectivity index (χ2n) is 8.57. The quantitative estimate of drug-likeness (QED) is 0.493. The van der Waals surface area contributed by atoms with Crippen LogP contribution in [0.1, 0.15) is 27.9 Å². The van der Waals surface area contributed by atoms with Gasteiger partial charge in [0.2, 0.25) is 5.82 Å². The third-order valence-electron chi connectivity index (χ3n) is 6.58. The molecular formula is C25H23N5O2. The molecule has 2 aliphatic rings. The van der Waals surface area contributed by atoms with Gasteiger partial charge in [0.1, 0.15) is 0 Å². The molecule has 6 rings (SSSR count). The standard InChI is InChI=1S/C25H23N5O2/c1-17-2-4-19(5-3-17)25(14-31-15-25)20-6-8-21(9-7-20)30-11-10-18-12-26-23(29-22(18)13-30)24-27-16-28-32-24/h2-9,12,16H,10-11,13-15H2,1H3. The maximum atomic E-state index is 5.66. The molecule has 0 aliphatic carbocycles. The van der Waals surface area contributed by atoms with Crippen molar-refractivity contribution >= 4 is 5.69 Å². The number of hydrogen-bond acceptors (Lipinski definition) is 7. The summed E-state index contributed by atoms with van der Waals surface area (Å²) in [5.74, 6) is 0.821. The van der Waals surface area contributed by atoms with Gasteiger partial charge in [-0.3, -0.25) is 0 Å². The van der Waals surface area contributed by atoms with E-state index in [2.05, 4.69) is 75.5 Å². The second kappa shape index (κ2) is 7.53. The van der Waals surface area contributed by atoms with Gasteiger partial charge in [0, 0.05) is 18.4 Å². The first-order valence-corrected chi connectivity index (χ1v) is 10.8. The van der Waals surface area contributed by atoms with Crippen LogP contribution in [0.2, 0.25) is 0 Å². The Balaban J connectivity index is 1.25. The van der Waals surface area contributed by atoms with Crippen molar-refractivity contribution in [1.29, 1.82) is 0 Å². The van der Waals surface area contributed by atoms with Crippen molar-refractivity contribution < 1.29 is 9.26 Å². The zero-order valence-electron chi connectivity index (χ0n) is 17.9. The highest BCUT2D eigenvalue weighted by atomic mass is 16.5. The van der Waals surface area contributed by atoms with E-state index in [-0.39, 0.29) is 5.41 Å². The molecule has 1 fully saturated rings. The van der Waals surface area contributed by atoms with Crippen LogP contribution in [0.3, 0.4) is 0 Å². The Morgan fingerprint density at radius 1 is 0.938 bits per heavy atom. The molecule has 2 aliphatic heterocycles.